The van der Waals surface area contributed by atoms with Gasteiger partial charge in [0.25, 0.3) is 5.91 Å². The molecule has 1 aliphatic rings. The number of benzene rings is 1. The molecule has 0 aliphatic carbocycles. The average molecular weight is 348 g/mol. The van der Waals surface area contributed by atoms with Crippen LogP contribution in [-0.2, 0) is 23.0 Å². The van der Waals surface area contributed by atoms with Gasteiger partial charge in [-0.3, -0.25) is 9.10 Å². The van der Waals surface area contributed by atoms with Gasteiger partial charge in [0.15, 0.2) is 0 Å². The van der Waals surface area contributed by atoms with Crippen LogP contribution in [0, 0.1) is 0 Å². The molecule has 3 rings (SSSR count). The van der Waals surface area contributed by atoms with Gasteiger partial charge in [-0.1, -0.05) is 0 Å². The van der Waals surface area contributed by atoms with Crippen molar-refractivity contribution in [3.8, 4) is 0 Å². The zero-order valence-corrected chi connectivity index (χ0v) is 14.5. The van der Waals surface area contributed by atoms with E-state index in [0.717, 1.165) is 5.56 Å². The van der Waals surface area contributed by atoms with E-state index in [2.05, 4.69) is 5.32 Å². The van der Waals surface area contributed by atoms with E-state index in [1.165, 1.54) is 4.31 Å². The highest BCUT2D eigenvalue weighted by Gasteiger charge is 2.34. The zero-order valence-electron chi connectivity index (χ0n) is 13.7. The van der Waals surface area contributed by atoms with E-state index in [4.69, 9.17) is 4.42 Å². The summed E-state index contributed by atoms with van der Waals surface area (Å²) in [5.74, 6) is 0.527. The van der Waals surface area contributed by atoms with Crippen molar-refractivity contribution < 1.29 is 17.6 Å². The Bertz CT molecular complexity index is 843. The molecular weight excluding hydrogens is 328 g/mol. The maximum atomic E-state index is 12.3. The Labute approximate surface area is 141 Å². The highest BCUT2D eigenvalue weighted by atomic mass is 32.2. The van der Waals surface area contributed by atoms with Crippen LogP contribution in [0.3, 0.4) is 0 Å². The number of hydrogen-bond donors (Lipinski definition) is 1. The summed E-state index contributed by atoms with van der Waals surface area (Å²) >= 11 is 0. The van der Waals surface area contributed by atoms with Crippen molar-refractivity contribution in [3.63, 3.8) is 0 Å². The fraction of sp³-hybridized carbons (Fsp3) is 0.353. The Morgan fingerprint density at radius 1 is 1.38 bits per heavy atom. The number of furan rings is 1. The molecule has 0 spiro atoms. The van der Waals surface area contributed by atoms with Gasteiger partial charge in [0, 0.05) is 11.6 Å². The Morgan fingerprint density at radius 3 is 2.83 bits per heavy atom. The number of anilines is 1. The molecule has 1 aromatic heterocycles. The number of nitrogens with zero attached hydrogens (tertiary/aromatic N) is 1. The third-order valence-electron chi connectivity index (χ3n) is 4.16. The van der Waals surface area contributed by atoms with E-state index in [-0.39, 0.29) is 17.7 Å². The summed E-state index contributed by atoms with van der Waals surface area (Å²) in [4.78, 5) is 12.3. The number of carbonyl (C=O) groups excluding carboxylic acids is 1. The molecule has 0 fully saturated rings. The second kappa shape index (κ2) is 6.32. The number of amides is 1. The average Bonchev–Trinajstić information content (AvgIpc) is 3.18. The van der Waals surface area contributed by atoms with Crippen LogP contribution in [-0.4, -0.2) is 26.1 Å². The highest BCUT2D eigenvalue weighted by molar-refractivity contribution is 7.92. The predicted molar refractivity (Wildman–Crippen MR) is 91.4 cm³/mol. The molecular formula is C17H20N2O4S. The van der Waals surface area contributed by atoms with Gasteiger partial charge in [-0.25, -0.2) is 8.42 Å². The second-order valence-corrected chi connectivity index (χ2v) is 7.99. The lowest BCUT2D eigenvalue weighted by Gasteiger charge is -2.23. The molecule has 6 nitrogen and oxygen atoms in total. The van der Waals surface area contributed by atoms with Crippen LogP contribution >= 0.6 is 0 Å². The maximum absolute atomic E-state index is 12.3. The van der Waals surface area contributed by atoms with Crippen molar-refractivity contribution in [2.24, 2.45) is 0 Å². The number of sulfonamides is 1. The summed E-state index contributed by atoms with van der Waals surface area (Å²) in [7, 11) is -3.31. The van der Waals surface area contributed by atoms with Crippen molar-refractivity contribution in [3.05, 3.63) is 53.5 Å². The Morgan fingerprint density at radius 2 is 2.17 bits per heavy atom. The number of rotatable bonds is 5. The fourth-order valence-corrected chi connectivity index (χ4v) is 4.37. The van der Waals surface area contributed by atoms with Crippen molar-refractivity contribution in [2.75, 3.05) is 10.1 Å². The molecule has 2 heterocycles. The normalized spacial score (nSPS) is 16.9. The Hall–Kier alpha value is -2.28. The molecule has 2 aromatic rings. The largest absolute Gasteiger partial charge is 0.467 e. The van der Waals surface area contributed by atoms with Gasteiger partial charge in [0.05, 0.1) is 24.2 Å². The van der Waals surface area contributed by atoms with Crippen molar-refractivity contribution in [2.45, 2.75) is 32.9 Å². The van der Waals surface area contributed by atoms with Crippen molar-refractivity contribution in [1.29, 1.82) is 0 Å². The van der Waals surface area contributed by atoms with Crippen LogP contribution in [0.1, 0.15) is 35.5 Å². The third-order valence-corrected chi connectivity index (χ3v) is 6.05. The Balaban J connectivity index is 1.80. The van der Waals surface area contributed by atoms with E-state index in [1.54, 1.807) is 43.5 Å². The maximum Gasteiger partial charge on any atom is 0.251 e. The molecule has 24 heavy (non-hydrogen) atoms. The van der Waals surface area contributed by atoms with E-state index < -0.39 is 10.0 Å². The Kier molecular flexibility index (Phi) is 4.36. The van der Waals surface area contributed by atoms with Crippen LogP contribution in [0.4, 0.5) is 5.69 Å². The summed E-state index contributed by atoms with van der Waals surface area (Å²) in [5.41, 5.74) is 2.07. The first kappa shape index (κ1) is 16.6. The first-order valence-corrected chi connectivity index (χ1v) is 9.49. The van der Waals surface area contributed by atoms with Gasteiger partial charge in [-0.05, 0) is 56.2 Å². The smallest absolute Gasteiger partial charge is 0.251 e. The molecule has 1 atom stereocenters. The summed E-state index contributed by atoms with van der Waals surface area (Å²) in [6, 6.07) is 8.57. The first-order valence-electron chi connectivity index (χ1n) is 7.88. The number of hydrogen-bond acceptors (Lipinski definition) is 4. The highest BCUT2D eigenvalue weighted by Crippen LogP contribution is 2.35. The SMILES string of the molecule is CCS(=O)(=O)N1c2ccc(C(=O)NCc3ccco3)cc2C[C@H]1C. The van der Waals surface area contributed by atoms with Gasteiger partial charge in [0.1, 0.15) is 5.76 Å². The van der Waals surface area contributed by atoms with E-state index in [0.29, 0.717) is 30.0 Å². The lowest BCUT2D eigenvalue weighted by Crippen LogP contribution is -2.36. The fourth-order valence-electron chi connectivity index (χ4n) is 2.99. The van der Waals surface area contributed by atoms with Crippen molar-refractivity contribution in [1.82, 2.24) is 5.32 Å². The first-order chi connectivity index (χ1) is 11.4. The van der Waals surface area contributed by atoms with Crippen LogP contribution in [0.5, 0.6) is 0 Å². The molecule has 0 saturated heterocycles. The third kappa shape index (κ3) is 3.03. The monoisotopic (exact) mass is 348 g/mol. The minimum Gasteiger partial charge on any atom is -0.467 e. The van der Waals surface area contributed by atoms with E-state index in [1.807, 2.05) is 6.92 Å². The number of nitrogens with one attached hydrogen (secondary N) is 1. The minimum absolute atomic E-state index is 0.0577. The lowest BCUT2D eigenvalue weighted by atomic mass is 10.1. The van der Waals surface area contributed by atoms with Crippen LogP contribution < -0.4 is 9.62 Å². The molecule has 0 bridgehead atoms. The summed E-state index contributed by atoms with van der Waals surface area (Å²) in [5, 5.41) is 2.79. The lowest BCUT2D eigenvalue weighted by molar-refractivity contribution is 0.0948. The zero-order chi connectivity index (χ0) is 17.3. The predicted octanol–water partition coefficient (Wildman–Crippen LogP) is 2.31. The minimum atomic E-state index is -3.31. The van der Waals surface area contributed by atoms with Crippen molar-refractivity contribution >= 4 is 21.6 Å². The van der Waals surface area contributed by atoms with Gasteiger partial charge < -0.3 is 9.73 Å². The van der Waals surface area contributed by atoms with Gasteiger partial charge in [0.2, 0.25) is 10.0 Å². The van der Waals surface area contributed by atoms with Crippen LogP contribution in [0.15, 0.2) is 41.0 Å². The molecule has 1 aromatic carbocycles. The molecule has 1 amide bonds. The standard InChI is InChI=1S/C17H20N2O4S/c1-3-24(21,22)19-12(2)9-14-10-13(6-7-16(14)19)17(20)18-11-15-5-4-8-23-15/h4-8,10,12H,3,9,11H2,1-2H3,(H,18,20)/t12-/m1/s1. The molecule has 128 valence electrons. The summed E-state index contributed by atoms with van der Waals surface area (Å²) in [6.07, 6.45) is 2.16. The second-order valence-electron chi connectivity index (χ2n) is 5.86. The molecule has 7 heteroatoms. The quantitative estimate of drug-likeness (QED) is 0.899. The number of fused-ring (bicyclic) bond motifs is 1. The summed E-state index contributed by atoms with van der Waals surface area (Å²) < 4.78 is 31.2. The molecule has 0 saturated carbocycles. The summed E-state index contributed by atoms with van der Waals surface area (Å²) in [6.45, 7) is 3.83. The van der Waals surface area contributed by atoms with E-state index >= 15 is 0 Å². The van der Waals surface area contributed by atoms with E-state index in [9.17, 15) is 13.2 Å². The molecule has 1 N–H and O–H groups in total. The van der Waals surface area contributed by atoms with Crippen LogP contribution in [0.2, 0.25) is 0 Å². The molecule has 0 unspecified atom stereocenters. The van der Waals surface area contributed by atoms with Gasteiger partial charge in [-0.15, -0.1) is 0 Å². The van der Waals surface area contributed by atoms with Gasteiger partial charge in [-0.2, -0.15) is 0 Å². The topological polar surface area (TPSA) is 79.6 Å². The molecule has 0 radical (unpaired) electrons. The van der Waals surface area contributed by atoms with Gasteiger partial charge >= 0.3 is 0 Å². The molecule has 1 aliphatic heterocycles. The number of carbonyl (C=O) groups is 1. The van der Waals surface area contributed by atoms with Crippen LogP contribution in [0.25, 0.3) is 0 Å².